The van der Waals surface area contributed by atoms with E-state index in [2.05, 4.69) is 252 Å². The highest BCUT2D eigenvalue weighted by Gasteiger charge is 2.61. The lowest BCUT2D eigenvalue weighted by Gasteiger charge is -2.61. The summed E-state index contributed by atoms with van der Waals surface area (Å²) in [5.41, 5.74) is 20.8. The van der Waals surface area contributed by atoms with Crippen LogP contribution in [0.1, 0.15) is 43.2 Å². The minimum Gasteiger partial charge on any atom is -0.456 e. The minimum absolute atomic E-state index is 0.0887. The fourth-order valence-corrected chi connectivity index (χ4v) is 15.7. The standard InChI is InChI=1S/C74H54N2O2/c1-3-13-48(14-4-1)50-17-11-19-56(38-50)75(60-28-31-65-63-21-7-9-23-70(63)77-72(65)44-60)58-26-25-52-41-67-62-30-27-59(43-69(62)74(68(67)42-53(52)40-58)54-34-46-33-47(36-54)37-55(74)35-46)76(57-20-12-18-51(39-57)49-15-5-2-6-16-49)61-29-32-66-64-22-8-10-24-71(64)78-73(66)45-61/h1-32,38-47,54-55H,33-37H2. The van der Waals surface area contributed by atoms with Crippen molar-refractivity contribution < 1.29 is 8.83 Å². The van der Waals surface area contributed by atoms with Gasteiger partial charge in [0.25, 0.3) is 0 Å². The molecule has 18 rings (SSSR count). The molecule has 4 heteroatoms. The van der Waals surface area contributed by atoms with Gasteiger partial charge in [0.1, 0.15) is 22.3 Å². The molecule has 2 aromatic heterocycles. The Hall–Kier alpha value is -9.12. The van der Waals surface area contributed by atoms with E-state index in [0.29, 0.717) is 11.8 Å². The van der Waals surface area contributed by atoms with Gasteiger partial charge in [-0.3, -0.25) is 0 Å². The minimum atomic E-state index is -0.0887. The van der Waals surface area contributed by atoms with Crippen LogP contribution in [0.4, 0.5) is 34.1 Å². The van der Waals surface area contributed by atoms with Gasteiger partial charge in [0.2, 0.25) is 0 Å². The van der Waals surface area contributed by atoms with E-state index < -0.39 is 0 Å². The zero-order valence-electron chi connectivity index (χ0n) is 43.1. The van der Waals surface area contributed by atoms with Crippen molar-refractivity contribution >= 4 is 88.8 Å². The van der Waals surface area contributed by atoms with Gasteiger partial charge in [-0.15, -0.1) is 0 Å². The van der Waals surface area contributed by atoms with Crippen LogP contribution in [0.15, 0.2) is 251 Å². The molecule has 11 aromatic carbocycles. The summed E-state index contributed by atoms with van der Waals surface area (Å²) in [6, 6.07) is 89.7. The van der Waals surface area contributed by atoms with Crippen LogP contribution in [0.5, 0.6) is 0 Å². The highest BCUT2D eigenvalue weighted by atomic mass is 16.3. The first kappa shape index (κ1) is 44.1. The number of hydrogen-bond acceptors (Lipinski definition) is 4. The van der Waals surface area contributed by atoms with Crippen LogP contribution >= 0.6 is 0 Å². The van der Waals surface area contributed by atoms with Gasteiger partial charge in [-0.25, -0.2) is 0 Å². The molecule has 4 bridgehead atoms. The number of anilines is 6. The van der Waals surface area contributed by atoms with E-state index >= 15 is 0 Å². The summed E-state index contributed by atoms with van der Waals surface area (Å²) < 4.78 is 13.2. The molecule has 0 saturated heterocycles. The number of rotatable bonds is 8. The van der Waals surface area contributed by atoms with Crippen LogP contribution in [0.2, 0.25) is 0 Å². The van der Waals surface area contributed by atoms with Crippen LogP contribution in [-0.4, -0.2) is 0 Å². The molecule has 1 spiro atoms. The molecule has 0 aliphatic heterocycles. The topological polar surface area (TPSA) is 32.8 Å². The molecule has 4 fully saturated rings. The van der Waals surface area contributed by atoms with Gasteiger partial charge in [0.05, 0.1) is 0 Å². The lowest BCUT2D eigenvalue weighted by atomic mass is 9.43. The summed E-state index contributed by atoms with van der Waals surface area (Å²) in [4.78, 5) is 4.91. The Bertz CT molecular complexity index is 4520. The van der Waals surface area contributed by atoms with Gasteiger partial charge < -0.3 is 18.6 Å². The van der Waals surface area contributed by atoms with Crippen LogP contribution < -0.4 is 9.80 Å². The second kappa shape index (κ2) is 16.9. The summed E-state index contributed by atoms with van der Waals surface area (Å²) in [7, 11) is 0. The molecule has 4 nitrogen and oxygen atoms in total. The van der Waals surface area contributed by atoms with Crippen molar-refractivity contribution in [3.05, 3.63) is 254 Å². The molecular weight excluding hydrogens is 949 g/mol. The average Bonchev–Trinajstić information content (AvgIpc) is 4.34. The fourth-order valence-electron chi connectivity index (χ4n) is 15.7. The van der Waals surface area contributed by atoms with Gasteiger partial charge in [-0.1, -0.05) is 133 Å². The van der Waals surface area contributed by atoms with Crippen molar-refractivity contribution in [2.45, 2.75) is 37.5 Å². The Labute approximate surface area is 453 Å². The maximum Gasteiger partial charge on any atom is 0.137 e. The molecule has 5 aliphatic rings. The third-order valence-electron chi connectivity index (χ3n) is 18.8. The van der Waals surface area contributed by atoms with Crippen LogP contribution in [0.25, 0.3) is 88.0 Å². The van der Waals surface area contributed by atoms with Crippen molar-refractivity contribution in [1.29, 1.82) is 0 Å². The zero-order valence-corrected chi connectivity index (χ0v) is 43.1. The van der Waals surface area contributed by atoms with Gasteiger partial charge in [-0.2, -0.15) is 0 Å². The van der Waals surface area contributed by atoms with Gasteiger partial charge in [0.15, 0.2) is 0 Å². The number of furan rings is 2. The van der Waals surface area contributed by atoms with Crippen molar-refractivity contribution in [3.8, 4) is 33.4 Å². The van der Waals surface area contributed by atoms with E-state index in [1.807, 2.05) is 0 Å². The maximum absolute atomic E-state index is 6.61. The summed E-state index contributed by atoms with van der Waals surface area (Å²) >= 11 is 0. The lowest BCUT2D eigenvalue weighted by molar-refractivity contribution is -0.0398. The first-order valence-corrected chi connectivity index (χ1v) is 28.0. The fraction of sp³-hybridized carbons (Fsp3) is 0.135. The maximum atomic E-state index is 6.61. The predicted octanol–water partition coefficient (Wildman–Crippen LogP) is 20.6. The summed E-state index contributed by atoms with van der Waals surface area (Å²) in [5, 5.41) is 7.08. The van der Waals surface area contributed by atoms with E-state index in [9.17, 15) is 0 Å². The van der Waals surface area contributed by atoms with Crippen molar-refractivity contribution in [2.24, 2.45) is 23.7 Å². The summed E-state index contributed by atoms with van der Waals surface area (Å²) in [6.07, 6.45) is 6.61. The molecule has 0 N–H and O–H groups in total. The molecule has 4 saturated carbocycles. The van der Waals surface area contributed by atoms with Crippen LogP contribution in [-0.2, 0) is 5.41 Å². The van der Waals surface area contributed by atoms with Gasteiger partial charge in [-0.05, 0) is 208 Å². The van der Waals surface area contributed by atoms with Gasteiger partial charge >= 0.3 is 0 Å². The van der Waals surface area contributed by atoms with Crippen molar-refractivity contribution in [1.82, 2.24) is 0 Å². The normalized spacial score (nSPS) is 19.8. The Morgan fingerprint density at radius 2 is 0.744 bits per heavy atom. The smallest absolute Gasteiger partial charge is 0.137 e. The third kappa shape index (κ3) is 6.65. The lowest BCUT2D eigenvalue weighted by Crippen LogP contribution is -2.55. The molecule has 5 aliphatic carbocycles. The van der Waals surface area contributed by atoms with Crippen molar-refractivity contribution in [2.75, 3.05) is 9.80 Å². The average molecular weight is 1000 g/mol. The SMILES string of the molecule is c1ccc(-c2cccc(N(c3ccc4c(c3)C3(c5cc6cc(N(c7cccc(-c8ccccc8)c7)c7ccc8c(c7)oc7ccccc78)ccc6cc5-4)C4CC5CC(C4)CC3C5)c3ccc4c(c3)oc3ccccc34)c2)cc1. The monoisotopic (exact) mass is 1000 g/mol. The van der Waals surface area contributed by atoms with E-state index in [0.717, 1.165) is 84.1 Å². The molecule has 0 unspecified atom stereocenters. The third-order valence-corrected chi connectivity index (χ3v) is 18.8. The van der Waals surface area contributed by atoms with E-state index in [1.165, 1.54) is 93.1 Å². The number of fused-ring (bicyclic) bond motifs is 10. The Kier molecular flexibility index (Phi) is 9.57. The number of nitrogens with zero attached hydrogens (tertiary/aromatic N) is 2. The molecule has 0 radical (unpaired) electrons. The highest BCUT2D eigenvalue weighted by molar-refractivity contribution is 6.08. The molecule has 78 heavy (non-hydrogen) atoms. The largest absolute Gasteiger partial charge is 0.456 e. The number of para-hydroxylation sites is 2. The molecular formula is C74H54N2O2. The number of hydrogen-bond donors (Lipinski definition) is 0. The molecule has 13 aromatic rings. The second-order valence-electron chi connectivity index (χ2n) is 22.9. The summed E-state index contributed by atoms with van der Waals surface area (Å²) in [6.45, 7) is 0. The van der Waals surface area contributed by atoms with Gasteiger partial charge in [0, 0.05) is 73.2 Å². The van der Waals surface area contributed by atoms with Crippen LogP contribution in [0.3, 0.4) is 0 Å². The molecule has 2 heterocycles. The Morgan fingerprint density at radius 1 is 0.295 bits per heavy atom. The summed E-state index contributed by atoms with van der Waals surface area (Å²) in [5.74, 6) is 2.80. The molecule has 372 valence electrons. The van der Waals surface area contributed by atoms with E-state index in [4.69, 9.17) is 8.83 Å². The number of benzene rings is 11. The van der Waals surface area contributed by atoms with Crippen LogP contribution in [0, 0.1) is 23.7 Å². The first-order valence-electron chi connectivity index (χ1n) is 28.0. The predicted molar refractivity (Wildman–Crippen MR) is 322 cm³/mol. The Morgan fingerprint density at radius 3 is 1.32 bits per heavy atom. The van der Waals surface area contributed by atoms with E-state index in [1.54, 1.807) is 0 Å². The second-order valence-corrected chi connectivity index (χ2v) is 22.9. The van der Waals surface area contributed by atoms with Crippen molar-refractivity contribution in [3.63, 3.8) is 0 Å². The zero-order chi connectivity index (χ0) is 51.1. The molecule has 0 amide bonds. The Balaban J connectivity index is 0.844. The van der Waals surface area contributed by atoms with E-state index in [-0.39, 0.29) is 5.41 Å². The first-order chi connectivity index (χ1) is 38.6. The molecule has 0 atom stereocenters. The quantitative estimate of drug-likeness (QED) is 0.152. The highest BCUT2D eigenvalue weighted by Crippen LogP contribution is 2.70.